The molecule has 1 aliphatic rings. The summed E-state index contributed by atoms with van der Waals surface area (Å²) in [6.07, 6.45) is 0.242. The molecule has 142 valence electrons. The molecule has 0 aromatic carbocycles. The van der Waals surface area contributed by atoms with Gasteiger partial charge in [-0.05, 0) is 38.0 Å². The van der Waals surface area contributed by atoms with E-state index in [2.05, 4.69) is 35.8 Å². The van der Waals surface area contributed by atoms with Crippen molar-refractivity contribution in [3.8, 4) is 0 Å². The van der Waals surface area contributed by atoms with Crippen LogP contribution < -0.4 is 10.6 Å². The Hall–Kier alpha value is -2.25. The van der Waals surface area contributed by atoms with Crippen molar-refractivity contribution in [1.29, 1.82) is 0 Å². The van der Waals surface area contributed by atoms with Crippen LogP contribution in [-0.4, -0.2) is 42.6 Å². The molecule has 2 atom stereocenters. The van der Waals surface area contributed by atoms with Crippen LogP contribution in [0.1, 0.15) is 46.5 Å². The van der Waals surface area contributed by atoms with Gasteiger partial charge in [-0.15, -0.1) is 0 Å². The van der Waals surface area contributed by atoms with Gasteiger partial charge in [0, 0.05) is 11.5 Å². The van der Waals surface area contributed by atoms with Crippen LogP contribution in [0.25, 0.3) is 0 Å². The number of carbonyl (C=O) groups is 3. The zero-order chi connectivity index (χ0) is 19.3. The number of carbonyl (C=O) groups excluding carboxylic acids is 2. The number of hydrogen-bond donors (Lipinski definition) is 3. The molecule has 0 aromatic rings. The number of amides is 2. The molecule has 2 amide bonds. The van der Waals surface area contributed by atoms with Crippen LogP contribution in [0.15, 0.2) is 12.2 Å². The summed E-state index contributed by atoms with van der Waals surface area (Å²) >= 11 is 0. The maximum atomic E-state index is 11.8. The average Bonchev–Trinajstić information content (AvgIpc) is 2.49. The molecule has 8 nitrogen and oxygen atoms in total. The van der Waals surface area contributed by atoms with E-state index in [-0.39, 0.29) is 17.9 Å². The number of carboxylic acid groups (broad SMARTS) is 1. The third-order valence-corrected chi connectivity index (χ3v) is 4.58. The summed E-state index contributed by atoms with van der Waals surface area (Å²) < 4.78 is 9.80. The van der Waals surface area contributed by atoms with Crippen LogP contribution in [0.4, 0.5) is 9.59 Å². The fourth-order valence-electron chi connectivity index (χ4n) is 3.23. The van der Waals surface area contributed by atoms with Gasteiger partial charge in [0.15, 0.2) is 0 Å². The second-order valence-electron chi connectivity index (χ2n) is 7.29. The van der Waals surface area contributed by atoms with Gasteiger partial charge in [-0.1, -0.05) is 20.4 Å². The van der Waals surface area contributed by atoms with E-state index in [1.165, 1.54) is 7.11 Å². The minimum absolute atomic E-state index is 0.0233. The van der Waals surface area contributed by atoms with Gasteiger partial charge in [0.25, 0.3) is 0 Å². The summed E-state index contributed by atoms with van der Waals surface area (Å²) in [4.78, 5) is 34.7. The highest BCUT2D eigenvalue weighted by Crippen LogP contribution is 2.44. The SMILES string of the molecule is C=C(C)C(=O)OCCC1CC(C)(C)CCC1(NC(=O)O)NC(=O)OC. The van der Waals surface area contributed by atoms with Crippen LogP contribution in [0.2, 0.25) is 0 Å². The lowest BCUT2D eigenvalue weighted by atomic mass is 9.65. The van der Waals surface area contributed by atoms with Crippen molar-refractivity contribution in [2.75, 3.05) is 13.7 Å². The van der Waals surface area contributed by atoms with Crippen molar-refractivity contribution in [1.82, 2.24) is 10.6 Å². The van der Waals surface area contributed by atoms with E-state index in [1.54, 1.807) is 6.92 Å². The lowest BCUT2D eigenvalue weighted by Crippen LogP contribution is -2.67. The summed E-state index contributed by atoms with van der Waals surface area (Å²) in [6, 6.07) is 0. The monoisotopic (exact) mass is 356 g/mol. The molecule has 0 radical (unpaired) electrons. The van der Waals surface area contributed by atoms with Gasteiger partial charge in [-0.25, -0.2) is 14.4 Å². The smallest absolute Gasteiger partial charge is 0.408 e. The quantitative estimate of drug-likeness (QED) is 0.383. The first kappa shape index (κ1) is 20.8. The van der Waals surface area contributed by atoms with E-state index in [0.717, 1.165) is 6.42 Å². The molecule has 25 heavy (non-hydrogen) atoms. The number of methoxy groups -OCH3 is 1. The Morgan fingerprint density at radius 2 is 1.88 bits per heavy atom. The molecule has 0 heterocycles. The van der Waals surface area contributed by atoms with Gasteiger partial charge in [0.05, 0.1) is 13.7 Å². The van der Waals surface area contributed by atoms with Gasteiger partial charge in [-0.3, -0.25) is 10.6 Å². The molecule has 1 rings (SSSR count). The van der Waals surface area contributed by atoms with Crippen molar-refractivity contribution in [3.05, 3.63) is 12.2 Å². The lowest BCUT2D eigenvalue weighted by Gasteiger charge is -2.49. The van der Waals surface area contributed by atoms with Crippen molar-refractivity contribution >= 4 is 18.2 Å². The highest BCUT2D eigenvalue weighted by atomic mass is 16.5. The summed E-state index contributed by atoms with van der Waals surface area (Å²) in [7, 11) is 1.22. The fraction of sp³-hybridized carbons (Fsp3) is 0.706. The standard InChI is InChI=1S/C17H28N2O6/c1-11(2)13(20)25-9-6-12-10-16(3,4)7-8-17(12,18-14(21)22)19-15(23)24-5/h12,18H,1,6-10H2,2-5H3,(H,19,23)(H,21,22). The number of alkyl carbamates (subject to hydrolysis) is 1. The maximum Gasteiger partial charge on any atom is 0.408 e. The van der Waals surface area contributed by atoms with Gasteiger partial charge in [0.2, 0.25) is 0 Å². The van der Waals surface area contributed by atoms with Gasteiger partial charge < -0.3 is 14.6 Å². The summed E-state index contributed by atoms with van der Waals surface area (Å²) in [5, 5.41) is 14.4. The lowest BCUT2D eigenvalue weighted by molar-refractivity contribution is -0.139. The Morgan fingerprint density at radius 1 is 1.24 bits per heavy atom. The fourth-order valence-corrected chi connectivity index (χ4v) is 3.23. The van der Waals surface area contributed by atoms with Crippen LogP contribution in [0.5, 0.6) is 0 Å². The van der Waals surface area contributed by atoms with Crippen LogP contribution >= 0.6 is 0 Å². The Balaban J connectivity index is 2.98. The molecule has 1 aliphatic carbocycles. The number of ether oxygens (including phenoxy) is 2. The van der Waals surface area contributed by atoms with Gasteiger partial charge in [-0.2, -0.15) is 0 Å². The zero-order valence-corrected chi connectivity index (χ0v) is 15.3. The highest BCUT2D eigenvalue weighted by Gasteiger charge is 2.48. The van der Waals surface area contributed by atoms with E-state index in [4.69, 9.17) is 4.74 Å². The zero-order valence-electron chi connectivity index (χ0n) is 15.3. The van der Waals surface area contributed by atoms with E-state index in [1.807, 2.05) is 0 Å². The number of rotatable bonds is 6. The van der Waals surface area contributed by atoms with Crippen LogP contribution in [-0.2, 0) is 14.3 Å². The van der Waals surface area contributed by atoms with Gasteiger partial charge in [0.1, 0.15) is 5.66 Å². The minimum Gasteiger partial charge on any atom is -0.465 e. The van der Waals surface area contributed by atoms with Gasteiger partial charge >= 0.3 is 18.2 Å². The van der Waals surface area contributed by atoms with Crippen LogP contribution in [0, 0.1) is 11.3 Å². The largest absolute Gasteiger partial charge is 0.465 e. The number of nitrogens with one attached hydrogen (secondary N) is 2. The first-order valence-corrected chi connectivity index (χ1v) is 8.21. The third kappa shape index (κ3) is 5.95. The Morgan fingerprint density at radius 3 is 2.40 bits per heavy atom. The number of hydrogen-bond acceptors (Lipinski definition) is 5. The van der Waals surface area contributed by atoms with Crippen LogP contribution in [0.3, 0.4) is 0 Å². The van der Waals surface area contributed by atoms with Crippen molar-refractivity contribution in [3.63, 3.8) is 0 Å². The highest BCUT2D eigenvalue weighted by molar-refractivity contribution is 5.86. The Labute approximate surface area is 147 Å². The normalized spacial score (nSPS) is 24.7. The molecule has 8 heteroatoms. The molecular weight excluding hydrogens is 328 g/mol. The molecule has 0 bridgehead atoms. The topological polar surface area (TPSA) is 114 Å². The van der Waals surface area contributed by atoms with E-state index in [0.29, 0.717) is 24.8 Å². The molecule has 0 spiro atoms. The Kier molecular flexibility index (Phi) is 6.84. The predicted molar refractivity (Wildman–Crippen MR) is 90.9 cm³/mol. The van der Waals surface area contributed by atoms with E-state index >= 15 is 0 Å². The molecule has 0 saturated heterocycles. The second kappa shape index (κ2) is 8.22. The average molecular weight is 356 g/mol. The molecule has 0 aromatic heterocycles. The first-order valence-electron chi connectivity index (χ1n) is 8.21. The summed E-state index contributed by atoms with van der Waals surface area (Å²) in [5.41, 5.74) is -0.888. The predicted octanol–water partition coefficient (Wildman–Crippen LogP) is 2.64. The third-order valence-electron chi connectivity index (χ3n) is 4.58. The number of esters is 1. The van der Waals surface area contributed by atoms with Crippen molar-refractivity contribution in [2.45, 2.75) is 52.1 Å². The second-order valence-corrected chi connectivity index (χ2v) is 7.29. The van der Waals surface area contributed by atoms with Crippen molar-refractivity contribution < 1.29 is 29.0 Å². The van der Waals surface area contributed by atoms with E-state index < -0.39 is 23.8 Å². The Bertz CT molecular complexity index is 545. The maximum absolute atomic E-state index is 11.8. The summed E-state index contributed by atoms with van der Waals surface area (Å²) in [5.74, 6) is -0.753. The summed E-state index contributed by atoms with van der Waals surface area (Å²) in [6.45, 7) is 9.36. The molecular formula is C17H28N2O6. The van der Waals surface area contributed by atoms with E-state index in [9.17, 15) is 19.5 Å². The molecule has 0 aliphatic heterocycles. The van der Waals surface area contributed by atoms with Crippen molar-refractivity contribution in [2.24, 2.45) is 11.3 Å². The minimum atomic E-state index is -1.24. The molecule has 1 fully saturated rings. The molecule has 3 N–H and O–H groups in total. The molecule has 1 saturated carbocycles. The molecule has 2 unspecified atom stereocenters. The first-order chi connectivity index (χ1) is 11.5.